The average Bonchev–Trinajstić information content (AvgIpc) is 2.96. The number of hydrogen-bond acceptors (Lipinski definition) is 2. The third kappa shape index (κ3) is 3.45. The van der Waals surface area contributed by atoms with Crippen molar-refractivity contribution >= 4 is 17.5 Å². The minimum atomic E-state index is -0.680. The number of nitrogens with one attached hydrogen (secondary N) is 1. The van der Waals surface area contributed by atoms with E-state index in [9.17, 15) is 14.0 Å². The number of nitrogens with zero attached hydrogens (tertiary/aromatic N) is 1. The van der Waals surface area contributed by atoms with Crippen molar-refractivity contribution in [2.45, 2.75) is 19.9 Å². The van der Waals surface area contributed by atoms with Crippen molar-refractivity contribution in [2.24, 2.45) is 5.92 Å². The van der Waals surface area contributed by atoms with Crippen LogP contribution < -0.4 is 10.2 Å². The molecule has 0 aliphatic carbocycles. The number of carbonyl (C=O) groups excluding carboxylic acids is 2. The van der Waals surface area contributed by atoms with Crippen LogP contribution in [0.3, 0.4) is 0 Å². The molecule has 0 bridgehead atoms. The molecule has 3 rings (SSSR count). The maximum atomic E-state index is 13.0. The summed E-state index contributed by atoms with van der Waals surface area (Å²) in [6.45, 7) is 2.87. The summed E-state index contributed by atoms with van der Waals surface area (Å²) in [6, 6.07) is 13.6. The lowest BCUT2D eigenvalue weighted by Gasteiger charge is -2.16. The first-order valence-electron chi connectivity index (χ1n) is 7.95. The second-order valence-electron chi connectivity index (χ2n) is 6.01. The topological polar surface area (TPSA) is 49.4 Å². The van der Waals surface area contributed by atoms with Crippen LogP contribution in [0.4, 0.5) is 10.1 Å². The zero-order valence-electron chi connectivity index (χ0n) is 13.5. The van der Waals surface area contributed by atoms with Gasteiger partial charge in [-0.3, -0.25) is 9.59 Å². The summed E-state index contributed by atoms with van der Waals surface area (Å²) >= 11 is 0. The van der Waals surface area contributed by atoms with Gasteiger partial charge in [0.05, 0.1) is 0 Å². The van der Waals surface area contributed by atoms with Crippen LogP contribution in [-0.2, 0) is 16.1 Å². The Kier molecular flexibility index (Phi) is 4.60. The Morgan fingerprint density at radius 1 is 1.17 bits per heavy atom. The molecule has 1 heterocycles. The van der Waals surface area contributed by atoms with Crippen LogP contribution in [-0.4, -0.2) is 18.4 Å². The molecular weight excluding hydrogens is 307 g/mol. The van der Waals surface area contributed by atoms with E-state index in [4.69, 9.17) is 0 Å². The van der Waals surface area contributed by atoms with Gasteiger partial charge in [0.15, 0.2) is 0 Å². The van der Waals surface area contributed by atoms with Crippen LogP contribution in [0.5, 0.6) is 0 Å². The summed E-state index contributed by atoms with van der Waals surface area (Å²) in [7, 11) is 0. The van der Waals surface area contributed by atoms with Gasteiger partial charge in [-0.2, -0.15) is 0 Å². The third-order valence-electron chi connectivity index (χ3n) is 4.25. The van der Waals surface area contributed by atoms with Gasteiger partial charge < -0.3 is 10.2 Å². The first-order chi connectivity index (χ1) is 11.5. The molecule has 1 aliphatic heterocycles. The molecule has 24 heavy (non-hydrogen) atoms. The average molecular weight is 326 g/mol. The molecule has 1 aliphatic rings. The molecule has 1 saturated heterocycles. The van der Waals surface area contributed by atoms with Crippen molar-refractivity contribution in [3.63, 3.8) is 0 Å². The molecule has 0 aromatic heterocycles. The van der Waals surface area contributed by atoms with E-state index in [-0.39, 0.29) is 17.6 Å². The summed E-state index contributed by atoms with van der Waals surface area (Å²) in [6.07, 6.45) is 0.468. The van der Waals surface area contributed by atoms with Crippen molar-refractivity contribution in [1.29, 1.82) is 0 Å². The zero-order valence-corrected chi connectivity index (χ0v) is 13.5. The monoisotopic (exact) mass is 326 g/mol. The van der Waals surface area contributed by atoms with E-state index in [1.54, 1.807) is 12.1 Å². The molecule has 2 amide bonds. The fraction of sp³-hybridized carbons (Fsp3) is 0.263. The minimum Gasteiger partial charge on any atom is -0.351 e. The first kappa shape index (κ1) is 16.2. The Labute approximate surface area is 140 Å². The lowest BCUT2D eigenvalue weighted by atomic mass is 10.1. The Bertz CT molecular complexity index is 741. The largest absolute Gasteiger partial charge is 0.351 e. The fourth-order valence-corrected chi connectivity index (χ4v) is 2.82. The molecule has 2 aromatic carbocycles. The van der Waals surface area contributed by atoms with Gasteiger partial charge in [-0.15, -0.1) is 0 Å². The van der Waals surface area contributed by atoms with Crippen LogP contribution in [0, 0.1) is 18.7 Å². The van der Waals surface area contributed by atoms with Gasteiger partial charge in [-0.05, 0) is 43.2 Å². The quantitative estimate of drug-likeness (QED) is 0.879. The standard InChI is InChI=1S/C19H19FN2O2/c1-13-2-4-14(5-3-13)12-21-18(23)17-10-11-22(19(17)24)16-8-6-15(20)7-9-16/h2-9,17H,10-12H2,1H3,(H,21,23)/t17-/m1/s1. The predicted octanol–water partition coefficient (Wildman–Crippen LogP) is 2.80. The van der Waals surface area contributed by atoms with Crippen LogP contribution >= 0.6 is 0 Å². The molecule has 0 saturated carbocycles. The van der Waals surface area contributed by atoms with E-state index < -0.39 is 5.92 Å². The number of aryl methyl sites for hydroxylation is 1. The summed E-state index contributed by atoms with van der Waals surface area (Å²) in [4.78, 5) is 26.3. The number of benzene rings is 2. The molecule has 0 spiro atoms. The van der Waals surface area contributed by atoms with Crippen LogP contribution in [0.2, 0.25) is 0 Å². The number of amides is 2. The van der Waals surface area contributed by atoms with Crippen molar-refractivity contribution in [3.05, 3.63) is 65.5 Å². The highest BCUT2D eigenvalue weighted by Gasteiger charge is 2.37. The van der Waals surface area contributed by atoms with E-state index >= 15 is 0 Å². The minimum absolute atomic E-state index is 0.233. The van der Waals surface area contributed by atoms with Gasteiger partial charge in [-0.25, -0.2) is 4.39 Å². The lowest BCUT2D eigenvalue weighted by Crippen LogP contribution is -2.36. The fourth-order valence-electron chi connectivity index (χ4n) is 2.82. The smallest absolute Gasteiger partial charge is 0.239 e. The normalized spacial score (nSPS) is 17.2. The van der Waals surface area contributed by atoms with Gasteiger partial charge in [0, 0.05) is 18.8 Å². The SMILES string of the molecule is Cc1ccc(CNC(=O)[C@H]2CCN(c3ccc(F)cc3)C2=O)cc1. The number of rotatable bonds is 4. The number of carbonyl (C=O) groups is 2. The predicted molar refractivity (Wildman–Crippen MR) is 89.9 cm³/mol. The molecule has 0 unspecified atom stereocenters. The van der Waals surface area contributed by atoms with Gasteiger partial charge in [-0.1, -0.05) is 29.8 Å². The van der Waals surface area contributed by atoms with Gasteiger partial charge in [0.2, 0.25) is 11.8 Å². The molecule has 0 radical (unpaired) electrons. The Morgan fingerprint density at radius 3 is 2.50 bits per heavy atom. The molecule has 4 nitrogen and oxygen atoms in total. The number of halogens is 1. The summed E-state index contributed by atoms with van der Waals surface area (Å²) < 4.78 is 13.0. The molecule has 1 atom stereocenters. The second kappa shape index (κ2) is 6.83. The van der Waals surface area contributed by atoms with E-state index in [1.807, 2.05) is 31.2 Å². The summed E-state index contributed by atoms with van der Waals surface area (Å²) in [5.74, 6) is -1.52. The van der Waals surface area contributed by atoms with Crippen LogP contribution in [0.25, 0.3) is 0 Å². The lowest BCUT2D eigenvalue weighted by molar-refractivity contribution is -0.132. The van der Waals surface area contributed by atoms with Gasteiger partial charge in [0.1, 0.15) is 11.7 Å². The van der Waals surface area contributed by atoms with E-state index in [0.29, 0.717) is 25.2 Å². The molecular formula is C19H19FN2O2. The highest BCUT2D eigenvalue weighted by molar-refractivity contribution is 6.09. The second-order valence-corrected chi connectivity index (χ2v) is 6.01. The molecule has 1 fully saturated rings. The van der Waals surface area contributed by atoms with E-state index in [1.165, 1.54) is 17.0 Å². The van der Waals surface area contributed by atoms with Crippen molar-refractivity contribution in [2.75, 3.05) is 11.4 Å². The molecule has 1 N–H and O–H groups in total. The van der Waals surface area contributed by atoms with Crippen LogP contribution in [0.1, 0.15) is 17.5 Å². The number of anilines is 1. The van der Waals surface area contributed by atoms with Crippen molar-refractivity contribution < 1.29 is 14.0 Å². The third-order valence-corrected chi connectivity index (χ3v) is 4.25. The Balaban J connectivity index is 1.61. The van der Waals surface area contributed by atoms with E-state index in [0.717, 1.165) is 11.1 Å². The highest BCUT2D eigenvalue weighted by atomic mass is 19.1. The molecule has 5 heteroatoms. The maximum absolute atomic E-state index is 13.0. The van der Waals surface area contributed by atoms with Crippen LogP contribution in [0.15, 0.2) is 48.5 Å². The first-order valence-corrected chi connectivity index (χ1v) is 7.95. The number of hydrogen-bond donors (Lipinski definition) is 1. The summed E-state index contributed by atoms with van der Waals surface area (Å²) in [5, 5.41) is 2.83. The maximum Gasteiger partial charge on any atom is 0.239 e. The molecule has 2 aromatic rings. The Hall–Kier alpha value is -2.69. The van der Waals surface area contributed by atoms with Gasteiger partial charge >= 0.3 is 0 Å². The van der Waals surface area contributed by atoms with Crippen molar-refractivity contribution in [3.8, 4) is 0 Å². The van der Waals surface area contributed by atoms with Crippen molar-refractivity contribution in [1.82, 2.24) is 5.32 Å². The summed E-state index contributed by atoms with van der Waals surface area (Å²) in [5.41, 5.74) is 2.77. The highest BCUT2D eigenvalue weighted by Crippen LogP contribution is 2.25. The molecule has 124 valence electrons. The zero-order chi connectivity index (χ0) is 17.1. The van der Waals surface area contributed by atoms with E-state index in [2.05, 4.69) is 5.32 Å². The van der Waals surface area contributed by atoms with Gasteiger partial charge in [0.25, 0.3) is 0 Å². The Morgan fingerprint density at radius 2 is 1.83 bits per heavy atom.